The second-order valence-electron chi connectivity index (χ2n) is 6.84. The molecule has 1 saturated carbocycles. The van der Waals surface area contributed by atoms with Crippen LogP contribution in [-0.4, -0.2) is 29.0 Å². The lowest BCUT2D eigenvalue weighted by molar-refractivity contribution is -0.166. The summed E-state index contributed by atoms with van der Waals surface area (Å²) >= 11 is 0. The molecule has 1 aliphatic rings. The maximum atomic E-state index is 13.3. The van der Waals surface area contributed by atoms with Crippen molar-refractivity contribution in [1.29, 1.82) is 0 Å². The van der Waals surface area contributed by atoms with E-state index in [1.807, 2.05) is 0 Å². The topological polar surface area (TPSA) is 76.5 Å². The molecule has 0 saturated heterocycles. The summed E-state index contributed by atoms with van der Waals surface area (Å²) in [5, 5.41) is 10.7. The van der Waals surface area contributed by atoms with Crippen LogP contribution in [0, 0.1) is 10.8 Å². The monoisotopic (exact) mass is 319 g/mol. The van der Waals surface area contributed by atoms with E-state index in [9.17, 15) is 14.7 Å². The van der Waals surface area contributed by atoms with Crippen LogP contribution in [0.1, 0.15) is 57.7 Å². The van der Waals surface area contributed by atoms with E-state index in [-0.39, 0.29) is 5.78 Å². The van der Waals surface area contributed by atoms with Gasteiger partial charge in [-0.3, -0.25) is 14.6 Å². The summed E-state index contributed by atoms with van der Waals surface area (Å²) < 4.78 is 4.94. The summed E-state index contributed by atoms with van der Waals surface area (Å²) in [5.41, 5.74) is -1.84. The van der Waals surface area contributed by atoms with Crippen molar-refractivity contribution in [2.24, 2.45) is 10.8 Å². The number of ketones is 1. The van der Waals surface area contributed by atoms with Gasteiger partial charge in [0, 0.05) is 6.20 Å². The molecule has 0 amide bonds. The molecule has 1 aromatic heterocycles. The Balaban J connectivity index is 2.36. The highest BCUT2D eigenvalue weighted by Crippen LogP contribution is 2.46. The highest BCUT2D eigenvalue weighted by Gasteiger charge is 2.54. The van der Waals surface area contributed by atoms with Crippen LogP contribution in [0.25, 0.3) is 0 Å². The van der Waals surface area contributed by atoms with E-state index in [0.717, 1.165) is 19.3 Å². The van der Waals surface area contributed by atoms with Gasteiger partial charge in [0.15, 0.2) is 5.78 Å². The number of rotatable bonds is 5. The van der Waals surface area contributed by atoms with E-state index < -0.39 is 22.9 Å². The molecular weight excluding hydrogens is 294 g/mol. The van der Waals surface area contributed by atoms with Crippen molar-refractivity contribution >= 4 is 11.8 Å². The molecule has 1 aliphatic carbocycles. The fourth-order valence-electron chi connectivity index (χ4n) is 3.52. The zero-order valence-corrected chi connectivity index (χ0v) is 14.0. The third-order valence-electron chi connectivity index (χ3n) is 4.95. The largest absolute Gasteiger partial charge is 0.468 e. The molecule has 5 nitrogen and oxygen atoms in total. The van der Waals surface area contributed by atoms with Gasteiger partial charge in [0.1, 0.15) is 11.5 Å². The average molecular weight is 319 g/mol. The third kappa shape index (κ3) is 3.15. The van der Waals surface area contributed by atoms with Crippen molar-refractivity contribution in [3.63, 3.8) is 0 Å². The van der Waals surface area contributed by atoms with E-state index in [2.05, 4.69) is 4.98 Å². The van der Waals surface area contributed by atoms with E-state index >= 15 is 0 Å². The molecule has 1 atom stereocenters. The molecule has 0 bridgehead atoms. The van der Waals surface area contributed by atoms with Crippen LogP contribution in [0.3, 0.4) is 0 Å². The van der Waals surface area contributed by atoms with Gasteiger partial charge in [0.2, 0.25) is 0 Å². The quantitative estimate of drug-likeness (QED) is 0.667. The predicted octanol–water partition coefficient (Wildman–Crippen LogP) is 2.83. The number of hydrogen-bond acceptors (Lipinski definition) is 5. The fourth-order valence-corrected chi connectivity index (χ4v) is 3.52. The van der Waals surface area contributed by atoms with Crippen LogP contribution in [0.2, 0.25) is 0 Å². The van der Waals surface area contributed by atoms with Gasteiger partial charge in [-0.2, -0.15) is 0 Å². The molecule has 0 aromatic carbocycles. The normalized spacial score (nSPS) is 19.0. The maximum absolute atomic E-state index is 13.3. The Bertz CT molecular complexity index is 562. The summed E-state index contributed by atoms with van der Waals surface area (Å²) in [7, 11) is 1.31. The standard InChI is InChI=1S/C18H25NO4/c1-17(2,14(20)13-9-5-8-12-19-13)15(21)18(16(22)23-3)10-6-4-7-11-18/h5,8-9,12,14,20H,4,6-7,10-11H2,1-3H3/t14-/m1/s1. The van der Waals surface area contributed by atoms with Gasteiger partial charge in [-0.15, -0.1) is 0 Å². The zero-order chi connectivity index (χ0) is 17.1. The number of carbonyl (C=O) groups is 2. The Morgan fingerprint density at radius 1 is 1.26 bits per heavy atom. The number of aliphatic hydroxyl groups excluding tert-OH is 1. The first-order valence-electron chi connectivity index (χ1n) is 8.08. The minimum absolute atomic E-state index is 0.255. The van der Waals surface area contributed by atoms with Gasteiger partial charge < -0.3 is 9.84 Å². The van der Waals surface area contributed by atoms with Gasteiger partial charge in [-0.1, -0.05) is 25.3 Å². The second-order valence-corrected chi connectivity index (χ2v) is 6.84. The summed E-state index contributed by atoms with van der Waals surface area (Å²) in [6, 6.07) is 5.20. The van der Waals surface area contributed by atoms with E-state index in [1.165, 1.54) is 7.11 Å². The highest BCUT2D eigenvalue weighted by molar-refractivity contribution is 6.06. The number of Topliss-reactive ketones (excluding diaryl/α,β-unsaturated/α-hetero) is 1. The van der Waals surface area contributed by atoms with Crippen molar-refractivity contribution in [1.82, 2.24) is 4.98 Å². The molecule has 0 aliphatic heterocycles. The molecule has 1 heterocycles. The first-order valence-corrected chi connectivity index (χ1v) is 8.08. The number of ether oxygens (including phenoxy) is 1. The van der Waals surface area contributed by atoms with Crippen molar-refractivity contribution < 1.29 is 19.4 Å². The predicted molar refractivity (Wildman–Crippen MR) is 85.5 cm³/mol. The third-order valence-corrected chi connectivity index (χ3v) is 4.95. The lowest BCUT2D eigenvalue weighted by atomic mass is 9.62. The Labute approximate surface area is 137 Å². The van der Waals surface area contributed by atoms with Crippen LogP contribution in [-0.2, 0) is 14.3 Å². The number of aromatic nitrogens is 1. The Morgan fingerprint density at radius 2 is 1.91 bits per heavy atom. The number of pyridine rings is 1. The summed E-state index contributed by atoms with van der Waals surface area (Å²) in [4.78, 5) is 29.8. The minimum atomic E-state index is -1.15. The van der Waals surface area contributed by atoms with Crippen molar-refractivity contribution in [3.05, 3.63) is 30.1 Å². The fraction of sp³-hybridized carbons (Fsp3) is 0.611. The number of nitrogens with zero attached hydrogens (tertiary/aromatic N) is 1. The minimum Gasteiger partial charge on any atom is -0.468 e. The molecule has 5 heteroatoms. The molecule has 0 spiro atoms. The molecule has 126 valence electrons. The van der Waals surface area contributed by atoms with Crippen LogP contribution < -0.4 is 0 Å². The molecule has 1 aromatic rings. The van der Waals surface area contributed by atoms with Gasteiger partial charge in [0.25, 0.3) is 0 Å². The summed E-state index contributed by atoms with van der Waals surface area (Å²) in [5.74, 6) is -0.738. The van der Waals surface area contributed by atoms with Crippen molar-refractivity contribution in [2.45, 2.75) is 52.1 Å². The maximum Gasteiger partial charge on any atom is 0.319 e. The highest BCUT2D eigenvalue weighted by atomic mass is 16.5. The first kappa shape index (κ1) is 17.6. The SMILES string of the molecule is COC(=O)C1(C(=O)C(C)(C)[C@H](O)c2ccccn2)CCCCC1. The second kappa shape index (κ2) is 6.79. The summed E-state index contributed by atoms with van der Waals surface area (Å²) in [6.45, 7) is 3.35. The molecule has 0 radical (unpaired) electrons. The first-order chi connectivity index (χ1) is 10.9. The van der Waals surface area contributed by atoms with Crippen molar-refractivity contribution in [3.8, 4) is 0 Å². The van der Waals surface area contributed by atoms with Gasteiger partial charge in [-0.25, -0.2) is 0 Å². The molecular formula is C18H25NO4. The lowest BCUT2D eigenvalue weighted by Crippen LogP contribution is -2.50. The van der Waals surface area contributed by atoms with Crippen LogP contribution in [0.4, 0.5) is 0 Å². The Morgan fingerprint density at radius 3 is 2.43 bits per heavy atom. The Kier molecular flexibility index (Phi) is 5.19. The van der Waals surface area contributed by atoms with Crippen LogP contribution >= 0.6 is 0 Å². The Hall–Kier alpha value is -1.75. The van der Waals surface area contributed by atoms with E-state index in [4.69, 9.17) is 4.74 Å². The zero-order valence-electron chi connectivity index (χ0n) is 14.0. The van der Waals surface area contributed by atoms with Gasteiger partial charge in [0.05, 0.1) is 18.2 Å². The van der Waals surface area contributed by atoms with Crippen molar-refractivity contribution in [2.75, 3.05) is 7.11 Å². The molecule has 1 N–H and O–H groups in total. The lowest BCUT2D eigenvalue weighted by Gasteiger charge is -2.40. The van der Waals surface area contributed by atoms with Crippen LogP contribution in [0.15, 0.2) is 24.4 Å². The average Bonchev–Trinajstić information content (AvgIpc) is 2.60. The smallest absolute Gasteiger partial charge is 0.319 e. The molecule has 23 heavy (non-hydrogen) atoms. The number of esters is 1. The van der Waals surface area contributed by atoms with Gasteiger partial charge >= 0.3 is 5.97 Å². The van der Waals surface area contributed by atoms with Crippen LogP contribution in [0.5, 0.6) is 0 Å². The molecule has 1 fully saturated rings. The molecule has 2 rings (SSSR count). The number of carbonyl (C=O) groups excluding carboxylic acids is 2. The summed E-state index contributed by atoms with van der Waals surface area (Å²) in [6.07, 6.45) is 4.12. The molecule has 0 unspecified atom stereocenters. The number of hydrogen-bond donors (Lipinski definition) is 1. The van der Waals surface area contributed by atoms with E-state index in [1.54, 1.807) is 38.2 Å². The van der Waals surface area contributed by atoms with Gasteiger partial charge in [-0.05, 0) is 38.8 Å². The number of methoxy groups -OCH3 is 1. The number of aliphatic hydroxyl groups is 1. The van der Waals surface area contributed by atoms with E-state index in [0.29, 0.717) is 18.5 Å².